The van der Waals surface area contributed by atoms with Crippen molar-refractivity contribution in [2.45, 2.75) is 19.4 Å². The maximum absolute atomic E-state index is 12.2. The standard InChI is InChI=1S/C12H16N4OS/c1-8(6-9-4-3-5-18-9)16(2)12(17)11-10(13)7-14-15-11/h3-5,7-8H,6,13H2,1-2H3,(H,14,15). The normalized spacial score (nSPS) is 12.3. The molecule has 0 aliphatic rings. The van der Waals surface area contributed by atoms with Gasteiger partial charge in [0.25, 0.3) is 5.91 Å². The van der Waals surface area contributed by atoms with E-state index < -0.39 is 0 Å². The van der Waals surface area contributed by atoms with Crippen molar-refractivity contribution < 1.29 is 4.79 Å². The van der Waals surface area contributed by atoms with Crippen LogP contribution in [-0.4, -0.2) is 34.1 Å². The molecule has 2 aromatic heterocycles. The van der Waals surface area contributed by atoms with Crippen molar-refractivity contribution >= 4 is 22.9 Å². The third-order valence-electron chi connectivity index (χ3n) is 2.94. The Kier molecular flexibility index (Phi) is 3.66. The van der Waals surface area contributed by atoms with Crippen molar-refractivity contribution in [3.63, 3.8) is 0 Å². The predicted molar refractivity (Wildman–Crippen MR) is 72.6 cm³/mol. The lowest BCUT2D eigenvalue weighted by molar-refractivity contribution is 0.0739. The number of rotatable bonds is 4. The first-order valence-corrected chi connectivity index (χ1v) is 6.56. The number of nitrogen functional groups attached to an aromatic ring is 1. The van der Waals surface area contributed by atoms with Gasteiger partial charge in [-0.15, -0.1) is 11.3 Å². The summed E-state index contributed by atoms with van der Waals surface area (Å²) in [7, 11) is 1.78. The molecule has 5 nitrogen and oxygen atoms in total. The lowest BCUT2D eigenvalue weighted by Gasteiger charge is -2.24. The minimum absolute atomic E-state index is 0.110. The summed E-state index contributed by atoms with van der Waals surface area (Å²) in [6.07, 6.45) is 2.29. The molecule has 0 bridgehead atoms. The van der Waals surface area contributed by atoms with Gasteiger partial charge in [0.05, 0.1) is 11.9 Å². The molecule has 0 saturated carbocycles. The molecule has 2 aromatic rings. The van der Waals surface area contributed by atoms with Crippen LogP contribution in [0, 0.1) is 0 Å². The Morgan fingerprint density at radius 3 is 3.00 bits per heavy atom. The smallest absolute Gasteiger partial charge is 0.274 e. The number of amides is 1. The van der Waals surface area contributed by atoms with Gasteiger partial charge in [-0.3, -0.25) is 9.89 Å². The third-order valence-corrected chi connectivity index (χ3v) is 3.84. The molecular formula is C12H16N4OS. The summed E-state index contributed by atoms with van der Waals surface area (Å²) >= 11 is 1.70. The van der Waals surface area contributed by atoms with Crippen molar-refractivity contribution in [1.29, 1.82) is 0 Å². The van der Waals surface area contributed by atoms with E-state index in [4.69, 9.17) is 5.73 Å². The fourth-order valence-electron chi connectivity index (χ4n) is 1.70. The molecule has 0 aliphatic carbocycles. The molecule has 0 radical (unpaired) electrons. The van der Waals surface area contributed by atoms with Gasteiger partial charge in [-0.2, -0.15) is 5.10 Å². The molecule has 2 rings (SSSR count). The Morgan fingerprint density at radius 1 is 1.67 bits per heavy atom. The van der Waals surface area contributed by atoms with Crippen LogP contribution in [0.2, 0.25) is 0 Å². The van der Waals surface area contributed by atoms with Crippen molar-refractivity contribution in [3.05, 3.63) is 34.3 Å². The quantitative estimate of drug-likeness (QED) is 0.883. The van der Waals surface area contributed by atoms with Gasteiger partial charge in [-0.05, 0) is 18.4 Å². The maximum atomic E-state index is 12.2. The van der Waals surface area contributed by atoms with Crippen LogP contribution in [0.25, 0.3) is 0 Å². The fraction of sp³-hybridized carbons (Fsp3) is 0.333. The van der Waals surface area contributed by atoms with Crippen LogP contribution >= 0.6 is 11.3 Å². The van der Waals surface area contributed by atoms with Crippen molar-refractivity contribution in [3.8, 4) is 0 Å². The summed E-state index contributed by atoms with van der Waals surface area (Å²) in [6.45, 7) is 2.02. The van der Waals surface area contributed by atoms with Gasteiger partial charge >= 0.3 is 0 Å². The average Bonchev–Trinajstić information content (AvgIpc) is 2.98. The van der Waals surface area contributed by atoms with Crippen LogP contribution in [-0.2, 0) is 6.42 Å². The molecule has 0 spiro atoms. The number of likely N-dealkylation sites (N-methyl/N-ethyl adjacent to an activating group) is 1. The first kappa shape index (κ1) is 12.6. The molecule has 0 fully saturated rings. The highest BCUT2D eigenvalue weighted by atomic mass is 32.1. The lowest BCUT2D eigenvalue weighted by atomic mass is 10.1. The number of hydrogen-bond acceptors (Lipinski definition) is 4. The van der Waals surface area contributed by atoms with E-state index in [1.54, 1.807) is 23.3 Å². The fourth-order valence-corrected chi connectivity index (χ4v) is 2.53. The highest BCUT2D eigenvalue weighted by Gasteiger charge is 2.21. The number of carbonyl (C=O) groups excluding carboxylic acids is 1. The molecule has 3 N–H and O–H groups in total. The summed E-state index contributed by atoms with van der Waals surface area (Å²) in [5, 5.41) is 8.44. The number of hydrogen-bond donors (Lipinski definition) is 2. The third kappa shape index (κ3) is 2.53. The maximum Gasteiger partial charge on any atom is 0.274 e. The molecular weight excluding hydrogens is 248 g/mol. The van der Waals surface area contributed by atoms with Gasteiger partial charge < -0.3 is 10.6 Å². The van der Waals surface area contributed by atoms with Crippen LogP contribution in [0.3, 0.4) is 0 Å². The monoisotopic (exact) mass is 264 g/mol. The second kappa shape index (κ2) is 5.22. The molecule has 1 amide bonds. The number of nitrogens with one attached hydrogen (secondary N) is 1. The minimum Gasteiger partial charge on any atom is -0.396 e. The van der Waals surface area contributed by atoms with E-state index in [2.05, 4.69) is 16.3 Å². The number of anilines is 1. The number of nitrogens with zero attached hydrogens (tertiary/aromatic N) is 2. The summed E-state index contributed by atoms with van der Waals surface area (Å²) in [6, 6.07) is 4.20. The van der Waals surface area contributed by atoms with E-state index in [1.165, 1.54) is 11.1 Å². The van der Waals surface area contributed by atoms with E-state index in [-0.39, 0.29) is 11.9 Å². The number of nitrogens with two attached hydrogens (primary N) is 1. The van der Waals surface area contributed by atoms with Crippen molar-refractivity contribution in [2.24, 2.45) is 0 Å². The first-order chi connectivity index (χ1) is 8.59. The Balaban J connectivity index is 2.05. The Hall–Kier alpha value is -1.82. The van der Waals surface area contributed by atoms with E-state index in [0.717, 1.165) is 6.42 Å². The highest BCUT2D eigenvalue weighted by Crippen LogP contribution is 2.16. The zero-order valence-electron chi connectivity index (χ0n) is 10.4. The van der Waals surface area contributed by atoms with E-state index in [0.29, 0.717) is 11.4 Å². The molecule has 0 aromatic carbocycles. The number of aromatic nitrogens is 2. The second-order valence-electron chi connectivity index (χ2n) is 4.25. The molecule has 6 heteroatoms. The predicted octanol–water partition coefficient (Wildman–Crippen LogP) is 1.76. The van der Waals surface area contributed by atoms with Crippen LogP contribution in [0.4, 0.5) is 5.69 Å². The van der Waals surface area contributed by atoms with Gasteiger partial charge in [0, 0.05) is 24.4 Å². The lowest BCUT2D eigenvalue weighted by Crippen LogP contribution is -2.36. The van der Waals surface area contributed by atoms with Gasteiger partial charge in [-0.1, -0.05) is 6.07 Å². The van der Waals surface area contributed by atoms with Crippen molar-refractivity contribution in [2.75, 3.05) is 12.8 Å². The van der Waals surface area contributed by atoms with Crippen LogP contribution in [0.15, 0.2) is 23.7 Å². The second-order valence-corrected chi connectivity index (χ2v) is 5.28. The minimum atomic E-state index is -0.131. The summed E-state index contributed by atoms with van der Waals surface area (Å²) in [4.78, 5) is 15.1. The Labute approximate surface area is 110 Å². The molecule has 2 heterocycles. The molecule has 1 unspecified atom stereocenters. The van der Waals surface area contributed by atoms with Crippen LogP contribution in [0.1, 0.15) is 22.3 Å². The highest BCUT2D eigenvalue weighted by molar-refractivity contribution is 7.09. The van der Waals surface area contributed by atoms with Gasteiger partial charge in [0.1, 0.15) is 5.69 Å². The van der Waals surface area contributed by atoms with Crippen molar-refractivity contribution in [1.82, 2.24) is 15.1 Å². The first-order valence-electron chi connectivity index (χ1n) is 5.68. The van der Waals surface area contributed by atoms with E-state index in [1.807, 2.05) is 18.4 Å². The molecule has 96 valence electrons. The summed E-state index contributed by atoms with van der Waals surface area (Å²) in [5.41, 5.74) is 6.42. The largest absolute Gasteiger partial charge is 0.396 e. The summed E-state index contributed by atoms with van der Waals surface area (Å²) < 4.78 is 0. The van der Waals surface area contributed by atoms with Gasteiger partial charge in [0.2, 0.25) is 0 Å². The number of H-pyrrole nitrogens is 1. The summed E-state index contributed by atoms with van der Waals surface area (Å²) in [5.74, 6) is -0.131. The molecule has 0 saturated heterocycles. The van der Waals surface area contributed by atoms with Gasteiger partial charge in [0.15, 0.2) is 0 Å². The molecule has 18 heavy (non-hydrogen) atoms. The Bertz CT molecular complexity index is 520. The van der Waals surface area contributed by atoms with Crippen LogP contribution < -0.4 is 5.73 Å². The van der Waals surface area contributed by atoms with Gasteiger partial charge in [-0.25, -0.2) is 0 Å². The topological polar surface area (TPSA) is 75.0 Å². The van der Waals surface area contributed by atoms with Crippen LogP contribution in [0.5, 0.6) is 0 Å². The number of carbonyl (C=O) groups is 1. The molecule has 1 atom stereocenters. The number of thiophene rings is 1. The van der Waals surface area contributed by atoms with E-state index >= 15 is 0 Å². The van der Waals surface area contributed by atoms with E-state index in [9.17, 15) is 4.79 Å². The number of aromatic amines is 1. The zero-order chi connectivity index (χ0) is 13.1. The SMILES string of the molecule is CC(Cc1cccs1)N(C)C(=O)c1[nH]ncc1N. The zero-order valence-corrected chi connectivity index (χ0v) is 11.2. The average molecular weight is 264 g/mol. The Morgan fingerprint density at radius 2 is 2.44 bits per heavy atom. The molecule has 0 aliphatic heterocycles.